The Hall–Kier alpha value is -3.43. The Bertz CT molecular complexity index is 1100. The Balaban J connectivity index is 1.54. The second kappa shape index (κ2) is 8.01. The average molecular weight is 435 g/mol. The number of hydrogen-bond acceptors (Lipinski definition) is 5. The lowest BCUT2D eigenvalue weighted by Crippen LogP contribution is -2.27. The average Bonchev–Trinajstić information content (AvgIpc) is 3.35. The minimum atomic E-state index is -4.44. The molecule has 1 saturated heterocycles. The van der Waals surface area contributed by atoms with Gasteiger partial charge in [-0.1, -0.05) is 23.4 Å². The van der Waals surface area contributed by atoms with Crippen LogP contribution in [0.1, 0.15) is 35.9 Å². The summed E-state index contributed by atoms with van der Waals surface area (Å²) in [6.45, 7) is 0.141. The van der Waals surface area contributed by atoms with Crippen LogP contribution in [0, 0.1) is 5.82 Å². The maximum atomic E-state index is 14.0. The van der Waals surface area contributed by atoms with Crippen molar-refractivity contribution in [2.45, 2.75) is 31.6 Å². The molecule has 31 heavy (non-hydrogen) atoms. The molecule has 0 bridgehead atoms. The van der Waals surface area contributed by atoms with Gasteiger partial charge in [0.2, 0.25) is 17.6 Å². The molecule has 6 nitrogen and oxygen atoms in total. The normalized spacial score (nSPS) is 16.7. The first-order valence-corrected chi connectivity index (χ1v) is 9.39. The number of carbonyl (C=O) groups is 1. The molecule has 1 unspecified atom stereocenters. The van der Waals surface area contributed by atoms with Gasteiger partial charge < -0.3 is 14.2 Å². The highest BCUT2D eigenvalue weighted by molar-refractivity contribution is 5.78. The SMILES string of the molecule is COc1ccc(CN2C(=O)CCC2c2nc(-c3ccc(C(F)(F)F)cc3)no2)cc1F. The predicted molar refractivity (Wildman–Crippen MR) is 100 cm³/mol. The van der Waals surface area contributed by atoms with Crippen molar-refractivity contribution in [1.82, 2.24) is 15.0 Å². The van der Waals surface area contributed by atoms with E-state index in [-0.39, 0.29) is 36.3 Å². The number of methoxy groups -OCH3 is 1. The highest BCUT2D eigenvalue weighted by atomic mass is 19.4. The largest absolute Gasteiger partial charge is 0.494 e. The van der Waals surface area contributed by atoms with Gasteiger partial charge in [0.05, 0.1) is 12.7 Å². The van der Waals surface area contributed by atoms with E-state index in [1.807, 2.05) is 0 Å². The topological polar surface area (TPSA) is 68.5 Å². The zero-order chi connectivity index (χ0) is 22.2. The van der Waals surface area contributed by atoms with Crippen LogP contribution in [0.15, 0.2) is 47.0 Å². The molecule has 4 rings (SSSR count). The molecule has 1 aromatic heterocycles. The number of carbonyl (C=O) groups excluding carboxylic acids is 1. The molecule has 1 aliphatic rings. The predicted octanol–water partition coefficient (Wildman–Crippen LogP) is 4.77. The Morgan fingerprint density at radius 2 is 1.94 bits per heavy atom. The van der Waals surface area contributed by atoms with Gasteiger partial charge in [-0.15, -0.1) is 0 Å². The van der Waals surface area contributed by atoms with Gasteiger partial charge in [0.1, 0.15) is 6.04 Å². The molecule has 1 aliphatic heterocycles. The molecule has 0 N–H and O–H groups in total. The summed E-state index contributed by atoms with van der Waals surface area (Å²) in [6, 6.07) is 8.33. The summed E-state index contributed by atoms with van der Waals surface area (Å²) in [7, 11) is 1.36. The van der Waals surface area contributed by atoms with Gasteiger partial charge in [-0.25, -0.2) is 4.39 Å². The summed E-state index contributed by atoms with van der Waals surface area (Å²) in [5.74, 6) is -0.277. The molecule has 0 radical (unpaired) electrons. The Morgan fingerprint density at radius 1 is 1.19 bits per heavy atom. The molecule has 2 aromatic carbocycles. The van der Waals surface area contributed by atoms with E-state index in [1.165, 1.54) is 36.3 Å². The zero-order valence-electron chi connectivity index (χ0n) is 16.3. The van der Waals surface area contributed by atoms with Crippen LogP contribution < -0.4 is 4.74 Å². The molecule has 0 aliphatic carbocycles. The maximum absolute atomic E-state index is 14.0. The number of rotatable bonds is 5. The Kier molecular flexibility index (Phi) is 5.38. The highest BCUT2D eigenvalue weighted by Gasteiger charge is 2.36. The monoisotopic (exact) mass is 435 g/mol. The third-order valence-corrected chi connectivity index (χ3v) is 5.09. The van der Waals surface area contributed by atoms with Crippen molar-refractivity contribution in [3.8, 4) is 17.1 Å². The molecule has 1 amide bonds. The summed E-state index contributed by atoms with van der Waals surface area (Å²) in [6.07, 6.45) is -3.74. The van der Waals surface area contributed by atoms with E-state index in [1.54, 1.807) is 6.07 Å². The summed E-state index contributed by atoms with van der Waals surface area (Å²) >= 11 is 0. The second-order valence-electron chi connectivity index (χ2n) is 7.08. The van der Waals surface area contributed by atoms with Gasteiger partial charge in [-0.3, -0.25) is 4.79 Å². The van der Waals surface area contributed by atoms with E-state index < -0.39 is 23.6 Å². The first-order valence-electron chi connectivity index (χ1n) is 9.39. The smallest absolute Gasteiger partial charge is 0.416 e. The summed E-state index contributed by atoms with van der Waals surface area (Å²) < 4.78 is 62.4. The number of alkyl halides is 3. The van der Waals surface area contributed by atoms with Crippen LogP contribution in [0.4, 0.5) is 17.6 Å². The van der Waals surface area contributed by atoms with Crippen molar-refractivity contribution in [2.24, 2.45) is 0 Å². The number of hydrogen-bond donors (Lipinski definition) is 0. The lowest BCUT2D eigenvalue weighted by Gasteiger charge is -2.22. The van der Waals surface area contributed by atoms with Gasteiger partial charge >= 0.3 is 6.18 Å². The number of likely N-dealkylation sites (tertiary alicyclic amines) is 1. The van der Waals surface area contributed by atoms with E-state index in [0.29, 0.717) is 17.5 Å². The summed E-state index contributed by atoms with van der Waals surface area (Å²) in [4.78, 5) is 18.2. The van der Waals surface area contributed by atoms with Gasteiger partial charge in [0, 0.05) is 18.5 Å². The number of amides is 1. The van der Waals surface area contributed by atoms with Crippen LogP contribution in [-0.4, -0.2) is 28.1 Å². The molecular formula is C21H17F4N3O3. The molecule has 3 aromatic rings. The number of ether oxygens (including phenoxy) is 1. The Morgan fingerprint density at radius 3 is 2.58 bits per heavy atom. The number of aromatic nitrogens is 2. The maximum Gasteiger partial charge on any atom is 0.416 e. The van der Waals surface area contributed by atoms with Crippen molar-refractivity contribution in [3.63, 3.8) is 0 Å². The van der Waals surface area contributed by atoms with E-state index in [4.69, 9.17) is 9.26 Å². The fourth-order valence-electron chi connectivity index (χ4n) is 3.49. The van der Waals surface area contributed by atoms with Crippen molar-refractivity contribution in [1.29, 1.82) is 0 Å². The molecule has 1 fully saturated rings. The minimum absolute atomic E-state index is 0.103. The first kappa shape index (κ1) is 20.8. The minimum Gasteiger partial charge on any atom is -0.494 e. The second-order valence-corrected chi connectivity index (χ2v) is 7.08. The van der Waals surface area contributed by atoms with Gasteiger partial charge in [-0.2, -0.15) is 18.2 Å². The quantitative estimate of drug-likeness (QED) is 0.541. The van der Waals surface area contributed by atoms with Crippen LogP contribution >= 0.6 is 0 Å². The van der Waals surface area contributed by atoms with Crippen LogP contribution in [0.3, 0.4) is 0 Å². The van der Waals surface area contributed by atoms with Crippen LogP contribution in [0.2, 0.25) is 0 Å². The van der Waals surface area contributed by atoms with E-state index in [9.17, 15) is 22.4 Å². The molecular weight excluding hydrogens is 418 g/mol. The lowest BCUT2D eigenvalue weighted by molar-refractivity contribution is -0.137. The third kappa shape index (κ3) is 4.23. The van der Waals surface area contributed by atoms with Crippen LogP contribution in [0.25, 0.3) is 11.4 Å². The highest BCUT2D eigenvalue weighted by Crippen LogP contribution is 2.35. The first-order chi connectivity index (χ1) is 14.8. The zero-order valence-corrected chi connectivity index (χ0v) is 16.3. The standard InChI is InChI=1S/C21H17F4N3O3/c1-30-17-8-2-12(10-15(17)22)11-28-16(7-9-18(28)29)20-26-19(27-31-20)13-3-5-14(6-4-13)21(23,24)25/h2-6,8,10,16H,7,9,11H2,1H3. The molecule has 10 heteroatoms. The van der Waals surface area contributed by atoms with Crippen molar-refractivity contribution in [2.75, 3.05) is 7.11 Å². The van der Waals surface area contributed by atoms with Gasteiger partial charge in [0.15, 0.2) is 11.6 Å². The van der Waals surface area contributed by atoms with Crippen LogP contribution in [0.5, 0.6) is 5.75 Å². The summed E-state index contributed by atoms with van der Waals surface area (Å²) in [5.41, 5.74) is 0.149. The Labute approximate surface area is 174 Å². The van der Waals surface area contributed by atoms with Gasteiger partial charge in [-0.05, 0) is 36.2 Å². The summed E-state index contributed by atoms with van der Waals surface area (Å²) in [5, 5.41) is 3.84. The molecule has 2 heterocycles. The fraction of sp³-hybridized carbons (Fsp3) is 0.286. The molecule has 0 spiro atoms. The number of nitrogens with zero attached hydrogens (tertiary/aromatic N) is 3. The van der Waals surface area contributed by atoms with E-state index >= 15 is 0 Å². The van der Waals surface area contributed by atoms with Crippen molar-refractivity contribution >= 4 is 5.91 Å². The van der Waals surface area contributed by atoms with Crippen molar-refractivity contribution < 1.29 is 31.6 Å². The number of halogens is 4. The van der Waals surface area contributed by atoms with Gasteiger partial charge in [0.25, 0.3) is 0 Å². The van der Waals surface area contributed by atoms with E-state index in [2.05, 4.69) is 10.1 Å². The third-order valence-electron chi connectivity index (χ3n) is 5.09. The lowest BCUT2D eigenvalue weighted by atomic mass is 10.1. The van der Waals surface area contributed by atoms with Crippen molar-refractivity contribution in [3.05, 3.63) is 65.3 Å². The molecule has 1 atom stereocenters. The van der Waals surface area contributed by atoms with E-state index in [0.717, 1.165) is 12.1 Å². The molecule has 162 valence electrons. The fourth-order valence-corrected chi connectivity index (χ4v) is 3.49. The number of benzene rings is 2. The van der Waals surface area contributed by atoms with Crippen LogP contribution in [-0.2, 0) is 17.5 Å². The molecule has 0 saturated carbocycles.